The van der Waals surface area contributed by atoms with Gasteiger partial charge in [0, 0.05) is 11.1 Å². The number of carbonyl (C=O) groups excluding carboxylic acids is 1. The molecule has 0 aliphatic carbocycles. The molecule has 0 bridgehead atoms. The molecule has 2 N–H and O–H groups in total. The summed E-state index contributed by atoms with van der Waals surface area (Å²) in [7, 11) is 0. The number of hydrogen-bond donors (Lipinski definition) is 2. The molecule has 0 unspecified atom stereocenters. The lowest BCUT2D eigenvalue weighted by molar-refractivity contribution is -0.132. The maximum Gasteiger partial charge on any atom is 0.304 e. The van der Waals surface area contributed by atoms with Crippen molar-refractivity contribution in [2.45, 2.75) is 38.0 Å². The molecular weight excluding hydrogens is 300 g/mol. The van der Waals surface area contributed by atoms with Gasteiger partial charge in [-0.05, 0) is 24.8 Å². The standard InChI is InChI=1S/C16H18N2O3S/c19-15(17-9-12-10-22-16(20)18-12)14-7-6-13(21-14)8-11-4-2-1-3-5-11/h1-5,10,13-14H,6-9H2,(H,17,19)(H,18,20)/t13-,14+/m1/s1. The van der Waals surface area contributed by atoms with E-state index in [1.165, 1.54) is 5.56 Å². The second kappa shape index (κ2) is 6.89. The fourth-order valence-electron chi connectivity index (χ4n) is 2.62. The second-order valence-electron chi connectivity index (χ2n) is 5.41. The number of nitrogens with one attached hydrogen (secondary N) is 2. The molecule has 2 heterocycles. The third-order valence-corrected chi connectivity index (χ3v) is 4.45. The van der Waals surface area contributed by atoms with Crippen LogP contribution in [0.4, 0.5) is 0 Å². The average Bonchev–Trinajstić information content (AvgIpc) is 3.15. The van der Waals surface area contributed by atoms with Gasteiger partial charge in [0.15, 0.2) is 0 Å². The first-order valence-corrected chi connectivity index (χ1v) is 8.22. The minimum atomic E-state index is -0.390. The summed E-state index contributed by atoms with van der Waals surface area (Å²) in [5, 5.41) is 4.53. The summed E-state index contributed by atoms with van der Waals surface area (Å²) in [6.45, 7) is 0.334. The molecule has 1 aromatic carbocycles. The van der Waals surface area contributed by atoms with E-state index in [0.717, 1.165) is 36.3 Å². The van der Waals surface area contributed by atoms with Crippen molar-refractivity contribution < 1.29 is 9.53 Å². The molecule has 1 amide bonds. The van der Waals surface area contributed by atoms with Gasteiger partial charge < -0.3 is 15.0 Å². The number of thiazole rings is 1. The van der Waals surface area contributed by atoms with Gasteiger partial charge in [0.1, 0.15) is 6.10 Å². The monoisotopic (exact) mass is 318 g/mol. The van der Waals surface area contributed by atoms with E-state index < -0.39 is 0 Å². The molecule has 1 aliphatic heterocycles. The Morgan fingerprint density at radius 3 is 2.86 bits per heavy atom. The SMILES string of the molecule is O=C(NCc1csc(=O)[nH]1)[C@@H]1CC[C@H](Cc2ccccc2)O1. The molecular formula is C16H18N2O3S. The Morgan fingerprint density at radius 2 is 2.14 bits per heavy atom. The van der Waals surface area contributed by atoms with Crippen LogP contribution in [0.25, 0.3) is 0 Å². The minimum absolute atomic E-state index is 0.0964. The number of benzene rings is 1. The number of aromatic amines is 1. The van der Waals surface area contributed by atoms with Crippen molar-refractivity contribution in [1.29, 1.82) is 0 Å². The van der Waals surface area contributed by atoms with Crippen LogP contribution in [0.1, 0.15) is 24.1 Å². The maximum atomic E-state index is 12.1. The van der Waals surface area contributed by atoms with E-state index in [1.807, 2.05) is 18.2 Å². The second-order valence-corrected chi connectivity index (χ2v) is 6.25. The zero-order chi connectivity index (χ0) is 15.4. The van der Waals surface area contributed by atoms with Crippen molar-refractivity contribution in [2.75, 3.05) is 0 Å². The molecule has 1 aromatic heterocycles. The molecule has 0 radical (unpaired) electrons. The van der Waals surface area contributed by atoms with Crippen LogP contribution in [-0.2, 0) is 22.5 Å². The van der Waals surface area contributed by atoms with E-state index in [0.29, 0.717) is 6.54 Å². The molecule has 22 heavy (non-hydrogen) atoms. The summed E-state index contributed by atoms with van der Waals surface area (Å²) in [4.78, 5) is 25.7. The van der Waals surface area contributed by atoms with Crippen LogP contribution < -0.4 is 10.2 Å². The maximum absolute atomic E-state index is 12.1. The van der Waals surface area contributed by atoms with Gasteiger partial charge in [0.05, 0.1) is 12.6 Å². The first-order valence-electron chi connectivity index (χ1n) is 7.34. The highest BCUT2D eigenvalue weighted by atomic mass is 32.1. The number of rotatable bonds is 5. The molecule has 0 spiro atoms. The van der Waals surface area contributed by atoms with E-state index in [1.54, 1.807) is 5.38 Å². The Hall–Kier alpha value is -1.92. The smallest absolute Gasteiger partial charge is 0.304 e. The van der Waals surface area contributed by atoms with Crippen molar-refractivity contribution >= 4 is 17.2 Å². The van der Waals surface area contributed by atoms with Gasteiger partial charge in [0.25, 0.3) is 0 Å². The van der Waals surface area contributed by atoms with Gasteiger partial charge in [0.2, 0.25) is 5.91 Å². The van der Waals surface area contributed by atoms with Crippen molar-refractivity contribution in [1.82, 2.24) is 10.3 Å². The molecule has 6 heteroatoms. The molecule has 1 fully saturated rings. The summed E-state index contributed by atoms with van der Waals surface area (Å²) in [5.74, 6) is -0.109. The Kier molecular flexibility index (Phi) is 4.70. The average molecular weight is 318 g/mol. The van der Waals surface area contributed by atoms with E-state index in [2.05, 4.69) is 22.4 Å². The Morgan fingerprint density at radius 1 is 1.32 bits per heavy atom. The number of H-pyrrole nitrogens is 1. The number of amides is 1. The van der Waals surface area contributed by atoms with Crippen LogP contribution in [0.3, 0.4) is 0 Å². The lowest BCUT2D eigenvalue weighted by Gasteiger charge is -2.13. The Balaban J connectivity index is 1.47. The van der Waals surface area contributed by atoms with Crippen LogP contribution in [-0.4, -0.2) is 23.1 Å². The van der Waals surface area contributed by atoms with E-state index >= 15 is 0 Å². The van der Waals surface area contributed by atoms with Crippen molar-refractivity contribution in [3.05, 3.63) is 56.6 Å². The van der Waals surface area contributed by atoms with Gasteiger partial charge >= 0.3 is 4.87 Å². The summed E-state index contributed by atoms with van der Waals surface area (Å²) in [6.07, 6.45) is 2.17. The molecule has 5 nitrogen and oxygen atoms in total. The predicted octanol–water partition coefficient (Wildman–Crippen LogP) is 1.84. The van der Waals surface area contributed by atoms with E-state index in [4.69, 9.17) is 4.74 Å². The summed E-state index contributed by atoms with van der Waals surface area (Å²) in [6, 6.07) is 10.2. The summed E-state index contributed by atoms with van der Waals surface area (Å²) < 4.78 is 5.84. The Bertz CT molecular complexity index is 680. The zero-order valence-corrected chi connectivity index (χ0v) is 12.9. The van der Waals surface area contributed by atoms with Crippen molar-refractivity contribution in [3.8, 4) is 0 Å². The summed E-state index contributed by atoms with van der Waals surface area (Å²) >= 11 is 1.10. The number of carbonyl (C=O) groups is 1. The highest BCUT2D eigenvalue weighted by Crippen LogP contribution is 2.23. The van der Waals surface area contributed by atoms with Crippen LogP contribution in [0.15, 0.2) is 40.5 Å². The van der Waals surface area contributed by atoms with Crippen LogP contribution in [0.5, 0.6) is 0 Å². The first kappa shape index (κ1) is 15.0. The number of hydrogen-bond acceptors (Lipinski definition) is 4. The number of ether oxygens (including phenoxy) is 1. The van der Waals surface area contributed by atoms with Crippen LogP contribution in [0.2, 0.25) is 0 Å². The fraction of sp³-hybridized carbons (Fsp3) is 0.375. The molecule has 2 aromatic rings. The quantitative estimate of drug-likeness (QED) is 0.884. The fourth-order valence-corrected chi connectivity index (χ4v) is 3.20. The van der Waals surface area contributed by atoms with Gasteiger partial charge in [-0.1, -0.05) is 41.7 Å². The zero-order valence-electron chi connectivity index (χ0n) is 12.1. The van der Waals surface area contributed by atoms with Crippen LogP contribution in [0, 0.1) is 0 Å². The first-order chi connectivity index (χ1) is 10.7. The molecule has 0 saturated carbocycles. The van der Waals surface area contributed by atoms with Crippen molar-refractivity contribution in [3.63, 3.8) is 0 Å². The molecule has 3 rings (SSSR count). The Labute approximate surface area is 132 Å². The largest absolute Gasteiger partial charge is 0.365 e. The third kappa shape index (κ3) is 3.84. The molecule has 1 aliphatic rings. The highest BCUT2D eigenvalue weighted by molar-refractivity contribution is 7.07. The number of aromatic nitrogens is 1. The predicted molar refractivity (Wildman–Crippen MR) is 84.8 cm³/mol. The lowest BCUT2D eigenvalue weighted by atomic mass is 10.1. The van der Waals surface area contributed by atoms with Gasteiger partial charge in [-0.15, -0.1) is 0 Å². The van der Waals surface area contributed by atoms with E-state index in [-0.39, 0.29) is 23.0 Å². The molecule has 1 saturated heterocycles. The minimum Gasteiger partial charge on any atom is -0.365 e. The molecule has 2 atom stereocenters. The summed E-state index contributed by atoms with van der Waals surface area (Å²) in [5.41, 5.74) is 1.95. The highest BCUT2D eigenvalue weighted by Gasteiger charge is 2.30. The van der Waals surface area contributed by atoms with Gasteiger partial charge in [-0.25, -0.2) is 0 Å². The van der Waals surface area contributed by atoms with E-state index in [9.17, 15) is 9.59 Å². The lowest BCUT2D eigenvalue weighted by Crippen LogP contribution is -2.34. The van der Waals surface area contributed by atoms with Gasteiger partial charge in [-0.2, -0.15) is 0 Å². The topological polar surface area (TPSA) is 71.2 Å². The third-order valence-electron chi connectivity index (χ3n) is 3.73. The normalized spacial score (nSPS) is 20.9. The van der Waals surface area contributed by atoms with Crippen molar-refractivity contribution in [2.24, 2.45) is 0 Å². The van der Waals surface area contributed by atoms with Gasteiger partial charge in [-0.3, -0.25) is 9.59 Å². The van der Waals surface area contributed by atoms with Crippen LogP contribution >= 0.6 is 11.3 Å². The molecule has 116 valence electrons.